The molecule has 0 radical (unpaired) electrons. The van der Waals surface area contributed by atoms with Gasteiger partial charge in [-0.1, -0.05) is 23.4 Å². The molecule has 0 aromatic heterocycles. The second-order valence-corrected chi connectivity index (χ2v) is 5.41. The van der Waals surface area contributed by atoms with E-state index in [1.807, 2.05) is 0 Å². The number of rotatable bonds is 5. The van der Waals surface area contributed by atoms with Crippen molar-refractivity contribution < 1.29 is 19.5 Å². The van der Waals surface area contributed by atoms with Crippen molar-refractivity contribution >= 4 is 29.2 Å². The van der Waals surface area contributed by atoms with Crippen LogP contribution in [0.25, 0.3) is 0 Å². The molecule has 1 atom stereocenters. The lowest BCUT2D eigenvalue weighted by atomic mass is 10.0. The molecular weight excluding hydrogens is 344 g/mol. The van der Waals surface area contributed by atoms with Gasteiger partial charge in [-0.3, -0.25) is 25.0 Å². The number of carbonyl (C=O) groups excluding carboxylic acids is 1. The van der Waals surface area contributed by atoms with Gasteiger partial charge in [0.15, 0.2) is 6.10 Å². The number of nitrogens with one attached hydrogen (secondary N) is 1. The van der Waals surface area contributed by atoms with Gasteiger partial charge >= 0.3 is 0 Å². The van der Waals surface area contributed by atoms with Crippen molar-refractivity contribution in [2.45, 2.75) is 12.5 Å². The normalized spacial score (nSPS) is 15.3. The first-order valence-corrected chi connectivity index (χ1v) is 7.47. The minimum atomic E-state index is -0.790. The maximum absolute atomic E-state index is 12.5. The molecule has 2 aromatic rings. The molecule has 0 saturated heterocycles. The largest absolute Gasteiger partial charge is 0.387 e. The SMILES string of the molecule is O=C(Nc1ccccc1C1CC=NO1)c1cc([N+](=O)[O-])cc([N+](=O)[O-])c1. The smallest absolute Gasteiger partial charge is 0.277 e. The van der Waals surface area contributed by atoms with Crippen molar-refractivity contribution in [2.75, 3.05) is 5.32 Å². The molecule has 132 valence electrons. The Hall–Kier alpha value is -3.82. The van der Waals surface area contributed by atoms with E-state index < -0.39 is 27.1 Å². The van der Waals surface area contributed by atoms with Gasteiger partial charge in [-0.25, -0.2) is 0 Å². The number of amides is 1. The number of hydrogen-bond donors (Lipinski definition) is 1. The predicted molar refractivity (Wildman–Crippen MR) is 91.1 cm³/mol. The van der Waals surface area contributed by atoms with Crippen LogP contribution in [0.2, 0.25) is 0 Å². The van der Waals surface area contributed by atoms with Crippen molar-refractivity contribution in [3.05, 3.63) is 73.8 Å². The lowest BCUT2D eigenvalue weighted by molar-refractivity contribution is -0.394. The minimum Gasteiger partial charge on any atom is -0.387 e. The number of anilines is 1. The molecule has 1 N–H and O–H groups in total. The summed E-state index contributed by atoms with van der Waals surface area (Å²) >= 11 is 0. The Morgan fingerprint density at radius 2 is 1.77 bits per heavy atom. The van der Waals surface area contributed by atoms with Crippen molar-refractivity contribution in [1.29, 1.82) is 0 Å². The highest BCUT2D eigenvalue weighted by atomic mass is 16.6. The summed E-state index contributed by atoms with van der Waals surface area (Å²) in [6.07, 6.45) is 1.79. The van der Waals surface area contributed by atoms with Crippen LogP contribution in [-0.2, 0) is 4.84 Å². The molecule has 26 heavy (non-hydrogen) atoms. The number of nitro benzene ring substituents is 2. The van der Waals surface area contributed by atoms with E-state index in [9.17, 15) is 25.0 Å². The van der Waals surface area contributed by atoms with Gasteiger partial charge in [-0.15, -0.1) is 0 Å². The Bertz CT molecular complexity index is 886. The quantitative estimate of drug-likeness (QED) is 0.645. The van der Waals surface area contributed by atoms with Crippen LogP contribution < -0.4 is 5.32 Å². The van der Waals surface area contributed by atoms with E-state index in [1.165, 1.54) is 0 Å². The monoisotopic (exact) mass is 356 g/mol. The van der Waals surface area contributed by atoms with Crippen LogP contribution in [0.3, 0.4) is 0 Å². The maximum Gasteiger partial charge on any atom is 0.277 e. The molecule has 10 heteroatoms. The van der Waals surface area contributed by atoms with Crippen LogP contribution in [0.4, 0.5) is 17.1 Å². The van der Waals surface area contributed by atoms with Gasteiger partial charge < -0.3 is 10.2 Å². The number of nitro groups is 2. The summed E-state index contributed by atoms with van der Waals surface area (Å²) in [5.74, 6) is -0.705. The van der Waals surface area contributed by atoms with Crippen LogP contribution in [0.1, 0.15) is 28.4 Å². The molecule has 3 rings (SSSR count). The lowest BCUT2D eigenvalue weighted by Gasteiger charge is -2.14. The zero-order valence-electron chi connectivity index (χ0n) is 13.2. The maximum atomic E-state index is 12.5. The molecule has 1 heterocycles. The third-order valence-corrected chi connectivity index (χ3v) is 3.72. The Labute approximate surface area is 146 Å². The molecule has 0 spiro atoms. The number of nitrogens with zero attached hydrogens (tertiary/aromatic N) is 3. The molecule has 0 saturated carbocycles. The number of non-ortho nitro benzene ring substituents is 2. The minimum absolute atomic E-state index is 0.190. The molecule has 1 aliphatic heterocycles. The molecule has 1 unspecified atom stereocenters. The Kier molecular flexibility index (Phi) is 4.56. The summed E-state index contributed by atoms with van der Waals surface area (Å²) in [5.41, 5.74) is -0.153. The summed E-state index contributed by atoms with van der Waals surface area (Å²) in [6.45, 7) is 0. The van der Waals surface area contributed by atoms with Gasteiger partial charge in [0.1, 0.15) is 0 Å². The van der Waals surface area contributed by atoms with Gasteiger partial charge in [0, 0.05) is 36.0 Å². The average molecular weight is 356 g/mol. The third kappa shape index (κ3) is 3.48. The van der Waals surface area contributed by atoms with Crippen molar-refractivity contribution in [3.63, 3.8) is 0 Å². The van der Waals surface area contributed by atoms with Crippen LogP contribution in [-0.4, -0.2) is 22.0 Å². The van der Waals surface area contributed by atoms with Crippen LogP contribution in [0.5, 0.6) is 0 Å². The fourth-order valence-corrected chi connectivity index (χ4v) is 2.51. The third-order valence-electron chi connectivity index (χ3n) is 3.72. The summed E-state index contributed by atoms with van der Waals surface area (Å²) in [7, 11) is 0. The van der Waals surface area contributed by atoms with E-state index in [0.29, 0.717) is 17.7 Å². The zero-order valence-corrected chi connectivity index (χ0v) is 13.2. The van der Waals surface area contributed by atoms with Crippen LogP contribution >= 0.6 is 0 Å². The van der Waals surface area contributed by atoms with E-state index >= 15 is 0 Å². The molecule has 1 aliphatic rings. The van der Waals surface area contributed by atoms with E-state index in [4.69, 9.17) is 4.84 Å². The summed E-state index contributed by atoms with van der Waals surface area (Å²) in [6, 6.07) is 9.63. The Morgan fingerprint density at radius 3 is 2.35 bits per heavy atom. The molecule has 0 fully saturated rings. The van der Waals surface area contributed by atoms with E-state index in [0.717, 1.165) is 18.2 Å². The van der Waals surface area contributed by atoms with Gasteiger partial charge in [0.05, 0.1) is 21.5 Å². The first-order valence-electron chi connectivity index (χ1n) is 7.47. The van der Waals surface area contributed by atoms with Crippen molar-refractivity contribution in [2.24, 2.45) is 5.16 Å². The fourth-order valence-electron chi connectivity index (χ4n) is 2.51. The summed E-state index contributed by atoms with van der Waals surface area (Å²) < 4.78 is 0. The predicted octanol–water partition coefficient (Wildman–Crippen LogP) is 3.20. The van der Waals surface area contributed by atoms with Gasteiger partial charge in [-0.2, -0.15) is 0 Å². The summed E-state index contributed by atoms with van der Waals surface area (Å²) in [5, 5.41) is 28.2. The average Bonchev–Trinajstić information content (AvgIpc) is 3.16. The van der Waals surface area contributed by atoms with Crippen molar-refractivity contribution in [3.8, 4) is 0 Å². The number of benzene rings is 2. The molecular formula is C16H12N4O6. The highest BCUT2D eigenvalue weighted by Gasteiger charge is 2.23. The lowest BCUT2D eigenvalue weighted by Crippen LogP contribution is -2.15. The van der Waals surface area contributed by atoms with E-state index in [-0.39, 0.29) is 11.7 Å². The van der Waals surface area contributed by atoms with Crippen molar-refractivity contribution in [1.82, 2.24) is 0 Å². The second-order valence-electron chi connectivity index (χ2n) is 5.41. The summed E-state index contributed by atoms with van der Waals surface area (Å²) in [4.78, 5) is 38.0. The molecule has 0 bridgehead atoms. The van der Waals surface area contributed by atoms with Gasteiger partial charge in [0.2, 0.25) is 0 Å². The van der Waals surface area contributed by atoms with Gasteiger partial charge in [-0.05, 0) is 6.07 Å². The second kappa shape index (κ2) is 6.97. The Balaban J connectivity index is 1.91. The number of para-hydroxylation sites is 1. The van der Waals surface area contributed by atoms with Crippen LogP contribution in [0, 0.1) is 20.2 Å². The topological polar surface area (TPSA) is 137 Å². The van der Waals surface area contributed by atoms with E-state index in [1.54, 1.807) is 30.5 Å². The number of hydrogen-bond acceptors (Lipinski definition) is 7. The molecule has 1 amide bonds. The Morgan fingerprint density at radius 1 is 1.12 bits per heavy atom. The fraction of sp³-hybridized carbons (Fsp3) is 0.125. The highest BCUT2D eigenvalue weighted by molar-refractivity contribution is 6.05. The number of oxime groups is 1. The zero-order chi connectivity index (χ0) is 18.7. The van der Waals surface area contributed by atoms with Gasteiger partial charge in [0.25, 0.3) is 17.3 Å². The molecule has 10 nitrogen and oxygen atoms in total. The highest BCUT2D eigenvalue weighted by Crippen LogP contribution is 2.31. The first-order chi connectivity index (χ1) is 12.5. The standard InChI is InChI=1S/C16H12N4O6/c21-16(10-7-11(19(22)23)9-12(8-10)20(24)25)18-14-4-2-1-3-13(14)15-5-6-17-26-15/h1-4,6-9,15H,5H2,(H,18,21). The molecule has 0 aliphatic carbocycles. The first kappa shape index (κ1) is 17.0. The van der Waals surface area contributed by atoms with Crippen LogP contribution in [0.15, 0.2) is 47.6 Å². The number of carbonyl (C=O) groups is 1. The van der Waals surface area contributed by atoms with E-state index in [2.05, 4.69) is 10.5 Å². The molecule has 2 aromatic carbocycles.